The smallest absolute Gasteiger partial charge is 0.234 e. The van der Waals surface area contributed by atoms with Gasteiger partial charge in [-0.2, -0.15) is 4.68 Å². The van der Waals surface area contributed by atoms with E-state index in [9.17, 15) is 4.79 Å². The lowest BCUT2D eigenvalue weighted by Gasteiger charge is -2.06. The lowest BCUT2D eigenvalue weighted by atomic mass is 10.0. The second kappa shape index (κ2) is 5.76. The average Bonchev–Trinajstić information content (AvgIpc) is 3.14. The van der Waals surface area contributed by atoms with Crippen molar-refractivity contribution in [2.45, 2.75) is 26.7 Å². The number of nitrogens with zero attached hydrogens (tertiary/aromatic N) is 5. The number of benzene rings is 1. The zero-order chi connectivity index (χ0) is 15.7. The summed E-state index contributed by atoms with van der Waals surface area (Å²) in [6.45, 7) is 6.11. The van der Waals surface area contributed by atoms with Crippen LogP contribution in [-0.4, -0.2) is 31.5 Å². The van der Waals surface area contributed by atoms with Gasteiger partial charge in [0.1, 0.15) is 10.7 Å². The van der Waals surface area contributed by atoms with Crippen LogP contribution in [-0.2, 0) is 0 Å². The van der Waals surface area contributed by atoms with Crippen molar-refractivity contribution >= 4 is 17.6 Å². The highest BCUT2D eigenvalue weighted by Crippen LogP contribution is 2.29. The molecule has 0 spiro atoms. The van der Waals surface area contributed by atoms with Gasteiger partial charge in [0.25, 0.3) is 0 Å². The fourth-order valence-electron chi connectivity index (χ4n) is 2.14. The number of hydrogen-bond acceptors (Lipinski definition) is 6. The summed E-state index contributed by atoms with van der Waals surface area (Å²) >= 11 is 1.45. The second-order valence-corrected chi connectivity index (χ2v) is 6.23. The topological polar surface area (TPSA) is 73.6 Å². The third kappa shape index (κ3) is 2.43. The first-order chi connectivity index (χ1) is 10.6. The Balaban J connectivity index is 2.19. The summed E-state index contributed by atoms with van der Waals surface area (Å²) in [7, 11) is 0. The minimum absolute atomic E-state index is 0.294. The molecule has 2 aromatic heterocycles. The second-order valence-electron chi connectivity index (χ2n) is 5.25. The molecule has 0 aliphatic rings. The lowest BCUT2D eigenvalue weighted by Crippen LogP contribution is -2.00. The molecule has 0 atom stereocenters. The Morgan fingerprint density at radius 2 is 1.95 bits per heavy atom. The monoisotopic (exact) mass is 313 g/mol. The van der Waals surface area contributed by atoms with Crippen LogP contribution in [0.2, 0.25) is 0 Å². The Kier molecular flexibility index (Phi) is 3.81. The van der Waals surface area contributed by atoms with Crippen molar-refractivity contribution in [3.63, 3.8) is 0 Å². The first-order valence-corrected chi connectivity index (χ1v) is 7.74. The fraction of sp³-hybridized carbons (Fsp3) is 0.267. The molecule has 0 radical (unpaired) electrons. The van der Waals surface area contributed by atoms with Crippen molar-refractivity contribution in [1.29, 1.82) is 0 Å². The number of aryl methyl sites for hydroxylation is 1. The molecule has 0 saturated heterocycles. The van der Waals surface area contributed by atoms with Crippen molar-refractivity contribution in [2.24, 2.45) is 0 Å². The largest absolute Gasteiger partial charge is 0.296 e. The predicted octanol–water partition coefficient (Wildman–Crippen LogP) is 3.03. The van der Waals surface area contributed by atoms with E-state index in [-0.39, 0.29) is 0 Å². The van der Waals surface area contributed by atoms with Crippen LogP contribution in [0, 0.1) is 6.92 Å². The SMILES string of the molecule is Cc1ccccc1-c1c(C=O)nnn1-c1nnc(C(C)C)s1. The molecule has 2 heterocycles. The number of aromatic nitrogens is 5. The minimum Gasteiger partial charge on any atom is -0.296 e. The van der Waals surface area contributed by atoms with Gasteiger partial charge in [-0.15, -0.1) is 15.3 Å². The number of carbonyl (C=O) groups excluding carboxylic acids is 1. The molecule has 0 fully saturated rings. The van der Waals surface area contributed by atoms with Crippen LogP contribution in [0.5, 0.6) is 0 Å². The molecule has 3 rings (SSSR count). The van der Waals surface area contributed by atoms with E-state index < -0.39 is 0 Å². The highest BCUT2D eigenvalue weighted by Gasteiger charge is 2.20. The molecule has 3 aromatic rings. The van der Waals surface area contributed by atoms with E-state index in [1.807, 2.05) is 31.2 Å². The van der Waals surface area contributed by atoms with Gasteiger partial charge >= 0.3 is 0 Å². The van der Waals surface area contributed by atoms with Gasteiger partial charge in [0.05, 0.1) is 0 Å². The molecule has 0 unspecified atom stereocenters. The van der Waals surface area contributed by atoms with E-state index in [1.54, 1.807) is 4.68 Å². The van der Waals surface area contributed by atoms with Gasteiger partial charge < -0.3 is 0 Å². The Morgan fingerprint density at radius 3 is 2.59 bits per heavy atom. The van der Waals surface area contributed by atoms with Crippen LogP contribution < -0.4 is 0 Å². The van der Waals surface area contributed by atoms with E-state index in [0.29, 0.717) is 22.4 Å². The quantitative estimate of drug-likeness (QED) is 0.692. The molecule has 7 heteroatoms. The van der Waals surface area contributed by atoms with E-state index in [0.717, 1.165) is 22.4 Å². The van der Waals surface area contributed by atoms with Gasteiger partial charge in [-0.1, -0.05) is 54.7 Å². The number of hydrogen-bond donors (Lipinski definition) is 0. The maximum Gasteiger partial charge on any atom is 0.234 e. The highest BCUT2D eigenvalue weighted by molar-refractivity contribution is 7.13. The predicted molar refractivity (Wildman–Crippen MR) is 84.5 cm³/mol. The summed E-state index contributed by atoms with van der Waals surface area (Å²) < 4.78 is 1.59. The van der Waals surface area contributed by atoms with Crippen LogP contribution in [0.25, 0.3) is 16.4 Å². The Bertz CT molecular complexity index is 821. The minimum atomic E-state index is 0.294. The van der Waals surface area contributed by atoms with Crippen LogP contribution in [0.1, 0.15) is 40.8 Å². The molecular weight excluding hydrogens is 298 g/mol. The van der Waals surface area contributed by atoms with Crippen molar-refractivity contribution in [3.8, 4) is 16.4 Å². The number of aldehydes is 1. The van der Waals surface area contributed by atoms with Crippen molar-refractivity contribution < 1.29 is 4.79 Å². The van der Waals surface area contributed by atoms with Crippen LogP contribution in [0.3, 0.4) is 0 Å². The molecule has 0 saturated carbocycles. The summed E-state index contributed by atoms with van der Waals surface area (Å²) in [6.07, 6.45) is 0.718. The van der Waals surface area contributed by atoms with Gasteiger partial charge in [0.2, 0.25) is 5.13 Å². The molecule has 0 amide bonds. The van der Waals surface area contributed by atoms with Gasteiger partial charge in [-0.25, -0.2) is 0 Å². The van der Waals surface area contributed by atoms with Gasteiger partial charge in [0.15, 0.2) is 12.0 Å². The highest BCUT2D eigenvalue weighted by atomic mass is 32.1. The average molecular weight is 313 g/mol. The molecule has 0 aliphatic heterocycles. The summed E-state index contributed by atoms with van der Waals surface area (Å²) in [5.41, 5.74) is 2.91. The van der Waals surface area contributed by atoms with Crippen molar-refractivity contribution in [2.75, 3.05) is 0 Å². The van der Waals surface area contributed by atoms with Gasteiger partial charge in [-0.05, 0) is 12.5 Å². The molecule has 112 valence electrons. The van der Waals surface area contributed by atoms with Crippen molar-refractivity contribution in [1.82, 2.24) is 25.2 Å². The third-order valence-electron chi connectivity index (χ3n) is 3.31. The van der Waals surface area contributed by atoms with Crippen LogP contribution >= 0.6 is 11.3 Å². The third-order valence-corrected chi connectivity index (χ3v) is 4.51. The van der Waals surface area contributed by atoms with Crippen molar-refractivity contribution in [3.05, 3.63) is 40.5 Å². The molecule has 0 aliphatic carbocycles. The van der Waals surface area contributed by atoms with E-state index in [4.69, 9.17) is 0 Å². The van der Waals surface area contributed by atoms with Crippen LogP contribution in [0.4, 0.5) is 0 Å². The first-order valence-electron chi connectivity index (χ1n) is 6.92. The maximum absolute atomic E-state index is 11.3. The number of carbonyl (C=O) groups is 1. The Morgan fingerprint density at radius 1 is 1.18 bits per heavy atom. The molecular formula is C15H15N5OS. The van der Waals surface area contributed by atoms with E-state index in [1.165, 1.54) is 11.3 Å². The van der Waals surface area contributed by atoms with E-state index >= 15 is 0 Å². The summed E-state index contributed by atoms with van der Waals surface area (Å²) in [5.74, 6) is 0.294. The molecule has 0 bridgehead atoms. The molecule has 1 aromatic carbocycles. The summed E-state index contributed by atoms with van der Waals surface area (Å²) in [4.78, 5) is 11.3. The Labute approximate surface area is 131 Å². The van der Waals surface area contributed by atoms with Gasteiger partial charge in [-0.3, -0.25) is 4.79 Å². The summed E-state index contributed by atoms with van der Waals surface area (Å²) in [6, 6.07) is 7.81. The first kappa shape index (κ1) is 14.5. The lowest BCUT2D eigenvalue weighted by molar-refractivity contribution is 0.111. The Hall–Kier alpha value is -2.41. The standard InChI is InChI=1S/C15H15N5OS/c1-9(2)14-17-18-15(22-14)20-13(12(8-21)16-19-20)11-7-5-4-6-10(11)3/h4-9H,1-3H3. The summed E-state index contributed by atoms with van der Waals surface area (Å²) in [5, 5.41) is 18.0. The zero-order valence-corrected chi connectivity index (χ0v) is 13.3. The molecule has 0 N–H and O–H groups in total. The zero-order valence-electron chi connectivity index (χ0n) is 12.5. The molecule has 6 nitrogen and oxygen atoms in total. The normalized spacial score (nSPS) is 11.1. The van der Waals surface area contributed by atoms with Crippen LogP contribution in [0.15, 0.2) is 24.3 Å². The maximum atomic E-state index is 11.3. The molecule has 22 heavy (non-hydrogen) atoms. The van der Waals surface area contributed by atoms with Gasteiger partial charge in [0, 0.05) is 11.5 Å². The van der Waals surface area contributed by atoms with E-state index in [2.05, 4.69) is 34.4 Å². The fourth-order valence-corrected chi connectivity index (χ4v) is 2.94. The number of rotatable bonds is 4.